The van der Waals surface area contributed by atoms with Crippen molar-refractivity contribution >= 4 is 17.9 Å². The van der Waals surface area contributed by atoms with E-state index >= 15 is 0 Å². The molecule has 1 saturated carbocycles. The van der Waals surface area contributed by atoms with Crippen molar-refractivity contribution in [2.75, 3.05) is 7.05 Å². The number of rotatable bonds is 5. The largest absolute Gasteiger partial charge is 0.480 e. The molecule has 0 bridgehead atoms. The number of nitrogens with two attached hydrogens (primary N) is 1. The van der Waals surface area contributed by atoms with Crippen LogP contribution in [-0.4, -0.2) is 47.0 Å². The van der Waals surface area contributed by atoms with E-state index in [1.54, 1.807) is 11.9 Å². The fourth-order valence-corrected chi connectivity index (χ4v) is 2.67. The van der Waals surface area contributed by atoms with Crippen molar-refractivity contribution in [1.82, 2.24) is 10.2 Å². The second-order valence-corrected chi connectivity index (χ2v) is 5.45. The smallest absolute Gasteiger partial charge is 0.326 e. The third kappa shape index (κ3) is 4.40. The first-order valence-electron chi connectivity index (χ1n) is 6.87. The van der Waals surface area contributed by atoms with Crippen LogP contribution in [0.15, 0.2) is 0 Å². The van der Waals surface area contributed by atoms with E-state index in [9.17, 15) is 14.4 Å². The SMILES string of the molecule is CC1CCCCC1N(C)C(=O)N[C@@H](CC(N)=O)C(=O)O. The molecule has 7 nitrogen and oxygen atoms in total. The molecule has 7 heteroatoms. The fourth-order valence-electron chi connectivity index (χ4n) is 2.67. The van der Waals surface area contributed by atoms with E-state index in [0.29, 0.717) is 5.92 Å². The summed E-state index contributed by atoms with van der Waals surface area (Å²) in [6.45, 7) is 2.09. The Labute approximate surface area is 118 Å². The number of carbonyl (C=O) groups is 3. The molecule has 0 aromatic rings. The normalized spacial score (nSPS) is 23.7. The molecule has 0 radical (unpaired) electrons. The number of hydrogen-bond acceptors (Lipinski definition) is 3. The van der Waals surface area contributed by atoms with Crippen molar-refractivity contribution in [1.29, 1.82) is 0 Å². The quantitative estimate of drug-likeness (QED) is 0.684. The van der Waals surface area contributed by atoms with Crippen molar-refractivity contribution in [3.63, 3.8) is 0 Å². The lowest BCUT2D eigenvalue weighted by Gasteiger charge is -2.36. The van der Waals surface area contributed by atoms with Gasteiger partial charge < -0.3 is 21.1 Å². The van der Waals surface area contributed by atoms with Crippen molar-refractivity contribution < 1.29 is 19.5 Å². The molecular weight excluding hydrogens is 262 g/mol. The summed E-state index contributed by atoms with van der Waals surface area (Å²) in [7, 11) is 1.66. The molecule has 2 unspecified atom stereocenters. The van der Waals surface area contributed by atoms with Gasteiger partial charge in [-0.05, 0) is 18.8 Å². The van der Waals surface area contributed by atoms with E-state index in [4.69, 9.17) is 10.8 Å². The molecule has 0 aromatic carbocycles. The van der Waals surface area contributed by atoms with Crippen LogP contribution in [-0.2, 0) is 9.59 Å². The zero-order valence-electron chi connectivity index (χ0n) is 12.0. The van der Waals surface area contributed by atoms with Gasteiger partial charge in [0.25, 0.3) is 0 Å². The van der Waals surface area contributed by atoms with Gasteiger partial charge >= 0.3 is 12.0 Å². The van der Waals surface area contributed by atoms with E-state index < -0.39 is 30.4 Å². The molecule has 0 aromatic heterocycles. The Hall–Kier alpha value is -1.79. The Bertz CT molecular complexity index is 386. The number of nitrogens with one attached hydrogen (secondary N) is 1. The van der Waals surface area contributed by atoms with Gasteiger partial charge in [0, 0.05) is 13.1 Å². The van der Waals surface area contributed by atoms with Crippen LogP contribution in [0.4, 0.5) is 4.79 Å². The second kappa shape index (κ2) is 7.12. The lowest BCUT2D eigenvalue weighted by Crippen LogP contribution is -2.52. The van der Waals surface area contributed by atoms with Gasteiger partial charge in [0.05, 0.1) is 6.42 Å². The summed E-state index contributed by atoms with van der Waals surface area (Å²) in [6, 6.07) is -1.65. The molecule has 3 atom stereocenters. The number of nitrogens with zero attached hydrogens (tertiary/aromatic N) is 1. The zero-order chi connectivity index (χ0) is 15.3. The summed E-state index contributed by atoms with van der Waals surface area (Å²) >= 11 is 0. The molecule has 0 spiro atoms. The summed E-state index contributed by atoms with van der Waals surface area (Å²) < 4.78 is 0. The number of hydrogen-bond donors (Lipinski definition) is 3. The average molecular weight is 285 g/mol. The Morgan fingerprint density at radius 3 is 2.45 bits per heavy atom. The first-order chi connectivity index (χ1) is 9.32. The van der Waals surface area contributed by atoms with Crippen LogP contribution < -0.4 is 11.1 Å². The van der Waals surface area contributed by atoms with E-state index in [2.05, 4.69) is 12.2 Å². The molecule has 3 amide bonds. The average Bonchev–Trinajstić information content (AvgIpc) is 2.37. The number of carboxylic acid groups (broad SMARTS) is 1. The summed E-state index contributed by atoms with van der Waals surface area (Å²) in [5.74, 6) is -1.63. The lowest BCUT2D eigenvalue weighted by atomic mass is 9.85. The van der Waals surface area contributed by atoms with Crippen LogP contribution in [0.1, 0.15) is 39.0 Å². The first kappa shape index (κ1) is 16.3. The molecule has 0 aliphatic heterocycles. The van der Waals surface area contributed by atoms with Gasteiger partial charge in [-0.1, -0.05) is 19.8 Å². The maximum Gasteiger partial charge on any atom is 0.326 e. The molecule has 20 heavy (non-hydrogen) atoms. The Morgan fingerprint density at radius 2 is 1.95 bits per heavy atom. The molecule has 1 fully saturated rings. The summed E-state index contributed by atoms with van der Waals surface area (Å²) in [6.07, 6.45) is 3.79. The number of urea groups is 1. The Morgan fingerprint density at radius 1 is 1.35 bits per heavy atom. The van der Waals surface area contributed by atoms with Crippen LogP contribution in [0.3, 0.4) is 0 Å². The minimum atomic E-state index is -1.28. The van der Waals surface area contributed by atoms with Crippen molar-refractivity contribution in [2.45, 2.75) is 51.1 Å². The highest BCUT2D eigenvalue weighted by Gasteiger charge is 2.30. The minimum absolute atomic E-state index is 0.103. The summed E-state index contributed by atoms with van der Waals surface area (Å²) in [5, 5.41) is 11.3. The molecule has 1 aliphatic rings. The van der Waals surface area contributed by atoms with Gasteiger partial charge in [-0.25, -0.2) is 9.59 Å². The van der Waals surface area contributed by atoms with Crippen molar-refractivity contribution in [3.05, 3.63) is 0 Å². The highest BCUT2D eigenvalue weighted by Crippen LogP contribution is 2.27. The summed E-state index contributed by atoms with van der Waals surface area (Å²) in [4.78, 5) is 35.4. The Kier molecular flexibility index (Phi) is 5.79. The maximum atomic E-state index is 12.1. The van der Waals surface area contributed by atoms with Crippen molar-refractivity contribution in [3.8, 4) is 0 Å². The molecule has 0 heterocycles. The predicted octanol–water partition coefficient (Wildman–Crippen LogP) is 0.535. The van der Waals surface area contributed by atoms with E-state index in [-0.39, 0.29) is 6.04 Å². The molecule has 4 N–H and O–H groups in total. The predicted molar refractivity (Wildman–Crippen MR) is 72.9 cm³/mol. The van der Waals surface area contributed by atoms with E-state index in [1.165, 1.54) is 0 Å². The first-order valence-corrected chi connectivity index (χ1v) is 6.87. The number of carboxylic acids is 1. The van der Waals surface area contributed by atoms with Crippen LogP contribution in [0.25, 0.3) is 0 Å². The molecular formula is C13H23N3O4. The topological polar surface area (TPSA) is 113 Å². The molecule has 1 aliphatic carbocycles. The van der Waals surface area contributed by atoms with Gasteiger partial charge in [-0.3, -0.25) is 4.79 Å². The van der Waals surface area contributed by atoms with Crippen LogP contribution in [0, 0.1) is 5.92 Å². The van der Waals surface area contributed by atoms with Crippen LogP contribution in [0.2, 0.25) is 0 Å². The van der Waals surface area contributed by atoms with Gasteiger partial charge in [0.15, 0.2) is 0 Å². The lowest BCUT2D eigenvalue weighted by molar-refractivity contribution is -0.141. The fraction of sp³-hybridized carbons (Fsp3) is 0.769. The minimum Gasteiger partial charge on any atom is -0.480 e. The van der Waals surface area contributed by atoms with Crippen LogP contribution in [0.5, 0.6) is 0 Å². The molecule has 0 saturated heterocycles. The van der Waals surface area contributed by atoms with Gasteiger partial charge in [-0.15, -0.1) is 0 Å². The number of amides is 3. The second-order valence-electron chi connectivity index (χ2n) is 5.45. The third-order valence-electron chi connectivity index (χ3n) is 3.89. The molecule has 114 valence electrons. The van der Waals surface area contributed by atoms with Crippen LogP contribution >= 0.6 is 0 Å². The number of primary amides is 1. The highest BCUT2D eigenvalue weighted by molar-refractivity contribution is 5.87. The van der Waals surface area contributed by atoms with Gasteiger partial charge in [-0.2, -0.15) is 0 Å². The van der Waals surface area contributed by atoms with Crippen molar-refractivity contribution in [2.24, 2.45) is 11.7 Å². The standard InChI is InChI=1S/C13H23N3O4/c1-8-5-3-4-6-10(8)16(2)13(20)15-9(12(18)19)7-11(14)17/h8-10H,3-7H2,1-2H3,(H2,14,17)(H,15,20)(H,18,19)/t8?,9-,10?/m0/s1. The maximum absolute atomic E-state index is 12.1. The highest BCUT2D eigenvalue weighted by atomic mass is 16.4. The number of aliphatic carboxylic acids is 1. The van der Waals surface area contributed by atoms with Gasteiger partial charge in [0.1, 0.15) is 6.04 Å². The Balaban J connectivity index is 2.63. The van der Waals surface area contributed by atoms with E-state index in [0.717, 1.165) is 25.7 Å². The zero-order valence-corrected chi connectivity index (χ0v) is 12.0. The van der Waals surface area contributed by atoms with E-state index in [1.807, 2.05) is 0 Å². The summed E-state index contributed by atoms with van der Waals surface area (Å²) in [5.41, 5.74) is 4.98. The van der Waals surface area contributed by atoms with Gasteiger partial charge in [0.2, 0.25) is 5.91 Å². The number of carbonyl (C=O) groups excluding carboxylic acids is 2. The third-order valence-corrected chi connectivity index (χ3v) is 3.89. The molecule has 1 rings (SSSR count). The monoisotopic (exact) mass is 285 g/mol.